The van der Waals surface area contributed by atoms with E-state index < -0.39 is 5.97 Å². The summed E-state index contributed by atoms with van der Waals surface area (Å²) >= 11 is 0. The summed E-state index contributed by atoms with van der Waals surface area (Å²) in [4.78, 5) is 12.0. The molecular formula is C29H23N3O3. The van der Waals surface area contributed by atoms with Crippen LogP contribution in [0, 0.1) is 0 Å². The number of carbonyl (C=O) groups is 1. The van der Waals surface area contributed by atoms with Crippen molar-refractivity contribution in [2.75, 3.05) is 0 Å². The number of azo groups is 1. The highest BCUT2D eigenvalue weighted by molar-refractivity contribution is 5.99. The maximum atomic E-state index is 12.0. The predicted molar refractivity (Wildman–Crippen MR) is 137 cm³/mol. The quantitative estimate of drug-likeness (QED) is 0.254. The van der Waals surface area contributed by atoms with Crippen LogP contribution in [0.2, 0.25) is 0 Å². The Morgan fingerprint density at radius 3 is 2.20 bits per heavy atom. The summed E-state index contributed by atoms with van der Waals surface area (Å²) in [5.74, 6) is -1.16. The van der Waals surface area contributed by atoms with Crippen molar-refractivity contribution in [3.8, 4) is 22.7 Å². The summed E-state index contributed by atoms with van der Waals surface area (Å²) in [5, 5.41) is 30.5. The zero-order chi connectivity index (χ0) is 24.4. The van der Waals surface area contributed by atoms with Gasteiger partial charge in [-0.15, -0.1) is 10.2 Å². The molecule has 0 aliphatic rings. The minimum absolute atomic E-state index is 0.0356. The van der Waals surface area contributed by atoms with Gasteiger partial charge in [0.2, 0.25) is 5.88 Å². The molecule has 2 N–H and O–H groups in total. The molecule has 6 heteroatoms. The molecule has 172 valence electrons. The van der Waals surface area contributed by atoms with Gasteiger partial charge < -0.3 is 10.2 Å². The lowest BCUT2D eigenvalue weighted by atomic mass is 10.0. The van der Waals surface area contributed by atoms with Crippen molar-refractivity contribution in [2.45, 2.75) is 13.3 Å². The number of fused-ring (bicyclic) bond motifs is 1. The van der Waals surface area contributed by atoms with E-state index in [1.807, 2.05) is 84.9 Å². The fourth-order valence-electron chi connectivity index (χ4n) is 4.22. The first kappa shape index (κ1) is 22.1. The molecule has 0 atom stereocenters. The average Bonchev–Trinajstić information content (AvgIpc) is 3.18. The number of aromatic carboxylic acids is 1. The molecule has 0 bridgehead atoms. The van der Waals surface area contributed by atoms with Gasteiger partial charge in [-0.05, 0) is 41.8 Å². The van der Waals surface area contributed by atoms with Crippen molar-refractivity contribution >= 4 is 28.2 Å². The second kappa shape index (κ2) is 9.27. The molecule has 0 saturated carbocycles. The minimum atomic E-state index is -1.10. The lowest BCUT2D eigenvalue weighted by molar-refractivity contribution is 0.0698. The molecule has 5 aromatic rings. The molecule has 0 unspecified atom stereocenters. The molecule has 0 spiro atoms. The van der Waals surface area contributed by atoms with E-state index in [0.29, 0.717) is 10.9 Å². The third-order valence-electron chi connectivity index (χ3n) is 6.03. The van der Waals surface area contributed by atoms with Crippen LogP contribution in [0.15, 0.2) is 107 Å². The van der Waals surface area contributed by atoms with Crippen molar-refractivity contribution in [2.24, 2.45) is 10.2 Å². The van der Waals surface area contributed by atoms with E-state index >= 15 is 0 Å². The topological polar surface area (TPSA) is 87.2 Å². The molecule has 0 saturated heterocycles. The summed E-state index contributed by atoms with van der Waals surface area (Å²) in [6, 6.07) is 29.9. The van der Waals surface area contributed by atoms with Gasteiger partial charge in [0, 0.05) is 16.6 Å². The van der Waals surface area contributed by atoms with E-state index in [1.54, 1.807) is 10.6 Å². The van der Waals surface area contributed by atoms with Gasteiger partial charge in [0.1, 0.15) is 5.69 Å². The third-order valence-corrected chi connectivity index (χ3v) is 6.03. The summed E-state index contributed by atoms with van der Waals surface area (Å²) in [7, 11) is 0. The molecule has 0 radical (unpaired) electrons. The Morgan fingerprint density at radius 2 is 1.49 bits per heavy atom. The molecule has 0 aliphatic heterocycles. The maximum absolute atomic E-state index is 12.0. The van der Waals surface area contributed by atoms with Gasteiger partial charge in [-0.1, -0.05) is 79.7 Å². The van der Waals surface area contributed by atoms with Crippen LogP contribution in [0.25, 0.3) is 27.7 Å². The van der Waals surface area contributed by atoms with E-state index in [2.05, 4.69) is 17.2 Å². The van der Waals surface area contributed by atoms with Crippen LogP contribution in [0.4, 0.5) is 11.4 Å². The fourth-order valence-corrected chi connectivity index (χ4v) is 4.22. The first-order valence-corrected chi connectivity index (χ1v) is 11.3. The Morgan fingerprint density at radius 1 is 0.800 bits per heavy atom. The normalized spacial score (nSPS) is 11.3. The zero-order valence-corrected chi connectivity index (χ0v) is 19.1. The first-order chi connectivity index (χ1) is 17.1. The second-order valence-corrected chi connectivity index (χ2v) is 8.12. The van der Waals surface area contributed by atoms with Gasteiger partial charge in [0.05, 0.1) is 11.1 Å². The standard InChI is InChI=1S/C29H23N3O3/c1-2-19-15-17-21(18-16-19)32-25-14-7-6-11-23(25)27(28(32)33)31-30-26-22(20-9-4-3-5-10-20)12-8-13-24(26)29(34)35/h3-18,33H,2H2,1H3,(H,34,35). The number of carboxylic acids is 1. The highest BCUT2D eigenvalue weighted by atomic mass is 16.4. The Hall–Kier alpha value is -4.71. The van der Waals surface area contributed by atoms with Gasteiger partial charge in [-0.3, -0.25) is 4.57 Å². The minimum Gasteiger partial charge on any atom is -0.493 e. The Kier molecular flexibility index (Phi) is 5.85. The molecule has 5 rings (SSSR count). The summed E-state index contributed by atoms with van der Waals surface area (Å²) in [6.45, 7) is 2.09. The van der Waals surface area contributed by atoms with Gasteiger partial charge >= 0.3 is 5.97 Å². The fraction of sp³-hybridized carbons (Fsp3) is 0.0690. The van der Waals surface area contributed by atoms with Crippen molar-refractivity contribution in [3.05, 3.63) is 108 Å². The number of nitrogens with zero attached hydrogens (tertiary/aromatic N) is 3. The highest BCUT2D eigenvalue weighted by Crippen LogP contribution is 2.42. The largest absolute Gasteiger partial charge is 0.493 e. The van der Waals surface area contributed by atoms with E-state index in [0.717, 1.165) is 23.2 Å². The smallest absolute Gasteiger partial charge is 0.337 e. The second-order valence-electron chi connectivity index (χ2n) is 8.12. The van der Waals surface area contributed by atoms with Crippen molar-refractivity contribution < 1.29 is 15.0 Å². The average molecular weight is 462 g/mol. The summed E-state index contributed by atoms with van der Waals surface area (Å²) in [5.41, 5.74) is 4.79. The summed E-state index contributed by atoms with van der Waals surface area (Å²) < 4.78 is 1.73. The highest BCUT2D eigenvalue weighted by Gasteiger charge is 2.19. The number of hydrogen-bond acceptors (Lipinski definition) is 4. The molecule has 4 aromatic carbocycles. The molecule has 6 nitrogen and oxygen atoms in total. The van der Waals surface area contributed by atoms with Crippen molar-refractivity contribution in [1.82, 2.24) is 4.57 Å². The molecule has 0 amide bonds. The van der Waals surface area contributed by atoms with Crippen LogP contribution < -0.4 is 0 Å². The Bertz CT molecular complexity index is 1550. The third kappa shape index (κ3) is 4.06. The van der Waals surface area contributed by atoms with Crippen LogP contribution in [-0.4, -0.2) is 20.7 Å². The maximum Gasteiger partial charge on any atom is 0.337 e. The van der Waals surface area contributed by atoms with Crippen LogP contribution in [0.5, 0.6) is 5.88 Å². The van der Waals surface area contributed by atoms with Crippen LogP contribution in [0.1, 0.15) is 22.8 Å². The molecule has 1 aromatic heterocycles. The number of para-hydroxylation sites is 1. The summed E-state index contributed by atoms with van der Waals surface area (Å²) in [6.07, 6.45) is 0.922. The van der Waals surface area contributed by atoms with Gasteiger partial charge in [0.25, 0.3) is 0 Å². The number of rotatable bonds is 6. The number of aryl methyl sites for hydroxylation is 1. The van der Waals surface area contributed by atoms with Crippen LogP contribution in [-0.2, 0) is 6.42 Å². The van der Waals surface area contributed by atoms with E-state index in [-0.39, 0.29) is 22.8 Å². The van der Waals surface area contributed by atoms with Crippen molar-refractivity contribution in [1.29, 1.82) is 0 Å². The first-order valence-electron chi connectivity index (χ1n) is 11.3. The number of aromatic hydroxyl groups is 1. The van der Waals surface area contributed by atoms with Gasteiger partial charge in [-0.25, -0.2) is 4.79 Å². The Labute approximate surface area is 202 Å². The number of hydrogen-bond donors (Lipinski definition) is 2. The molecule has 0 aliphatic carbocycles. The SMILES string of the molecule is CCc1ccc(-n2c(O)c(N=Nc3c(C(=O)O)cccc3-c3ccccc3)c3ccccc32)cc1. The monoisotopic (exact) mass is 461 g/mol. The number of aromatic nitrogens is 1. The van der Waals surface area contributed by atoms with Crippen LogP contribution in [0.3, 0.4) is 0 Å². The zero-order valence-electron chi connectivity index (χ0n) is 19.1. The number of carboxylic acid groups (broad SMARTS) is 1. The lowest BCUT2D eigenvalue weighted by Gasteiger charge is -2.08. The molecular weight excluding hydrogens is 438 g/mol. The molecule has 35 heavy (non-hydrogen) atoms. The van der Waals surface area contributed by atoms with Gasteiger partial charge in [-0.2, -0.15) is 0 Å². The Balaban J connectivity index is 1.69. The molecule has 0 fully saturated rings. The predicted octanol–water partition coefficient (Wildman–Crippen LogP) is 7.68. The van der Waals surface area contributed by atoms with Gasteiger partial charge in [0.15, 0.2) is 5.69 Å². The number of benzene rings is 4. The molecule has 1 heterocycles. The van der Waals surface area contributed by atoms with E-state index in [9.17, 15) is 15.0 Å². The van der Waals surface area contributed by atoms with E-state index in [1.165, 1.54) is 11.6 Å². The lowest BCUT2D eigenvalue weighted by Crippen LogP contribution is -1.97. The van der Waals surface area contributed by atoms with E-state index in [4.69, 9.17) is 0 Å². The van der Waals surface area contributed by atoms with Crippen LogP contribution >= 0.6 is 0 Å². The van der Waals surface area contributed by atoms with Crippen molar-refractivity contribution in [3.63, 3.8) is 0 Å².